The zero-order valence-electron chi connectivity index (χ0n) is 17.8. The molecule has 2 rings (SSSR count). The molecule has 1 aliphatic heterocycles. The van der Waals surface area contributed by atoms with Crippen LogP contribution >= 0.6 is 0 Å². The smallest absolute Gasteiger partial charge is 0.224 e. The van der Waals surface area contributed by atoms with Gasteiger partial charge in [0.2, 0.25) is 5.91 Å². The van der Waals surface area contributed by atoms with Crippen LogP contribution in [0.25, 0.3) is 0 Å². The van der Waals surface area contributed by atoms with Crippen molar-refractivity contribution in [3.05, 3.63) is 0 Å². The summed E-state index contributed by atoms with van der Waals surface area (Å²) < 4.78 is 16.5. The van der Waals surface area contributed by atoms with E-state index in [2.05, 4.69) is 33.0 Å². The van der Waals surface area contributed by atoms with Gasteiger partial charge in [0, 0.05) is 25.7 Å². The van der Waals surface area contributed by atoms with Crippen LogP contribution in [0.2, 0.25) is 0 Å². The van der Waals surface area contributed by atoms with E-state index in [0.717, 1.165) is 32.5 Å². The van der Waals surface area contributed by atoms with Gasteiger partial charge in [-0.15, -0.1) is 0 Å². The highest BCUT2D eigenvalue weighted by Gasteiger charge is 2.61. The lowest BCUT2D eigenvalue weighted by atomic mass is 9.86. The molecular weight excluding hydrogens is 344 g/mol. The van der Waals surface area contributed by atoms with Gasteiger partial charge in [-0.2, -0.15) is 0 Å². The van der Waals surface area contributed by atoms with Crippen molar-refractivity contribution in [1.29, 1.82) is 0 Å². The maximum atomic E-state index is 12.3. The highest BCUT2D eigenvalue weighted by molar-refractivity contribution is 5.76. The molecule has 0 aromatic rings. The van der Waals surface area contributed by atoms with Gasteiger partial charge in [-0.3, -0.25) is 4.79 Å². The van der Waals surface area contributed by atoms with E-state index in [0.29, 0.717) is 62.9 Å². The molecule has 6 heteroatoms. The molecule has 0 bridgehead atoms. The topological polar surface area (TPSA) is 60.0 Å². The average molecular weight is 385 g/mol. The third-order valence-electron chi connectivity index (χ3n) is 6.17. The minimum atomic E-state index is 0.229. The summed E-state index contributed by atoms with van der Waals surface area (Å²) in [5.74, 6) is 0.229. The Bertz CT molecular complexity index is 445. The van der Waals surface area contributed by atoms with E-state index in [1.54, 1.807) is 0 Å². The predicted molar refractivity (Wildman–Crippen MR) is 107 cm³/mol. The van der Waals surface area contributed by atoms with Crippen molar-refractivity contribution < 1.29 is 19.0 Å². The molecule has 1 saturated carbocycles. The van der Waals surface area contributed by atoms with Crippen molar-refractivity contribution in [1.82, 2.24) is 10.2 Å². The second kappa shape index (κ2) is 10.7. The van der Waals surface area contributed by atoms with Crippen LogP contribution < -0.4 is 5.32 Å². The monoisotopic (exact) mass is 384 g/mol. The second-order valence-electron chi connectivity index (χ2n) is 8.92. The number of likely N-dealkylation sites (tertiary alicyclic amines) is 1. The Labute approximate surface area is 165 Å². The van der Waals surface area contributed by atoms with Crippen molar-refractivity contribution in [3.63, 3.8) is 0 Å². The molecule has 0 atom stereocenters. The summed E-state index contributed by atoms with van der Waals surface area (Å²) in [6.45, 7) is 15.1. The number of hydrogen-bond acceptors (Lipinski definition) is 5. The third kappa shape index (κ3) is 7.33. The van der Waals surface area contributed by atoms with Crippen molar-refractivity contribution >= 4 is 5.91 Å². The number of amides is 1. The molecule has 6 nitrogen and oxygen atoms in total. The van der Waals surface area contributed by atoms with Gasteiger partial charge in [-0.1, -0.05) is 27.7 Å². The number of piperidine rings is 1. The third-order valence-corrected chi connectivity index (χ3v) is 6.17. The van der Waals surface area contributed by atoms with Gasteiger partial charge in [0.25, 0.3) is 0 Å². The van der Waals surface area contributed by atoms with Gasteiger partial charge < -0.3 is 24.4 Å². The van der Waals surface area contributed by atoms with Gasteiger partial charge in [0.1, 0.15) is 0 Å². The molecule has 0 unspecified atom stereocenters. The molecule has 0 aromatic heterocycles. The van der Waals surface area contributed by atoms with E-state index in [1.807, 2.05) is 4.90 Å². The molecule has 2 fully saturated rings. The Morgan fingerprint density at radius 2 is 1.48 bits per heavy atom. The molecule has 27 heavy (non-hydrogen) atoms. The number of ether oxygens (including phenoxy) is 3. The highest BCUT2D eigenvalue weighted by Crippen LogP contribution is 2.68. The van der Waals surface area contributed by atoms with E-state index < -0.39 is 0 Å². The first-order valence-corrected chi connectivity index (χ1v) is 10.6. The molecule has 1 spiro atoms. The Balaban J connectivity index is 1.37. The number of carbonyl (C=O) groups excluding carboxylic acids is 1. The van der Waals surface area contributed by atoms with Crippen LogP contribution in [0.5, 0.6) is 0 Å². The highest BCUT2D eigenvalue weighted by atomic mass is 16.5. The molecule has 1 amide bonds. The molecule has 1 heterocycles. The van der Waals surface area contributed by atoms with E-state index in [4.69, 9.17) is 14.2 Å². The standard InChI is InChI=1S/C21H40N2O4/c1-18(2)22-8-12-26-14-16-27-15-13-25-11-5-19(24)23-9-6-21(7-10-23)17-20(21,3)4/h18,22H,5-17H2,1-4H3. The lowest BCUT2D eigenvalue weighted by molar-refractivity contribution is -0.134. The van der Waals surface area contributed by atoms with Crippen molar-refractivity contribution in [2.24, 2.45) is 10.8 Å². The van der Waals surface area contributed by atoms with Gasteiger partial charge >= 0.3 is 0 Å². The number of nitrogens with zero attached hydrogens (tertiary/aromatic N) is 1. The normalized spacial score (nSPS) is 20.4. The van der Waals surface area contributed by atoms with Crippen LogP contribution in [0.4, 0.5) is 0 Å². The summed E-state index contributed by atoms with van der Waals surface area (Å²) in [5, 5.41) is 3.30. The summed E-state index contributed by atoms with van der Waals surface area (Å²) in [7, 11) is 0. The minimum absolute atomic E-state index is 0.229. The first kappa shape index (κ1) is 22.6. The van der Waals surface area contributed by atoms with Crippen LogP contribution in [-0.2, 0) is 19.0 Å². The largest absolute Gasteiger partial charge is 0.379 e. The molecule has 1 N–H and O–H groups in total. The van der Waals surface area contributed by atoms with Crippen molar-refractivity contribution in [2.75, 3.05) is 59.3 Å². The van der Waals surface area contributed by atoms with Crippen LogP contribution in [-0.4, -0.2) is 76.1 Å². The number of carbonyl (C=O) groups is 1. The van der Waals surface area contributed by atoms with Crippen LogP contribution in [0.1, 0.15) is 53.4 Å². The van der Waals surface area contributed by atoms with Gasteiger partial charge in [-0.25, -0.2) is 0 Å². The summed E-state index contributed by atoms with van der Waals surface area (Å²) in [6.07, 6.45) is 4.12. The first-order chi connectivity index (χ1) is 12.9. The second-order valence-corrected chi connectivity index (χ2v) is 8.92. The molecule has 158 valence electrons. The Morgan fingerprint density at radius 1 is 0.963 bits per heavy atom. The predicted octanol–water partition coefficient (Wildman–Crippen LogP) is 2.46. The fraction of sp³-hybridized carbons (Fsp3) is 0.952. The summed E-state index contributed by atoms with van der Waals surface area (Å²) in [5.41, 5.74) is 1.01. The van der Waals surface area contributed by atoms with E-state index in [9.17, 15) is 4.79 Å². The number of nitrogens with one attached hydrogen (secondary N) is 1. The summed E-state index contributed by atoms with van der Waals surface area (Å²) in [6, 6.07) is 0.491. The van der Waals surface area contributed by atoms with E-state index in [1.165, 1.54) is 6.42 Å². The van der Waals surface area contributed by atoms with Crippen LogP contribution in [0.3, 0.4) is 0 Å². The number of hydrogen-bond donors (Lipinski definition) is 1. The Morgan fingerprint density at radius 3 is 2.00 bits per heavy atom. The van der Waals surface area contributed by atoms with E-state index >= 15 is 0 Å². The quantitative estimate of drug-likeness (QED) is 0.494. The van der Waals surface area contributed by atoms with Crippen LogP contribution in [0.15, 0.2) is 0 Å². The molecule has 1 aliphatic carbocycles. The number of rotatable bonds is 13. The molecular formula is C21H40N2O4. The molecule has 1 saturated heterocycles. The molecule has 0 aromatic carbocycles. The van der Waals surface area contributed by atoms with Crippen molar-refractivity contribution in [2.45, 2.75) is 59.4 Å². The molecule has 2 aliphatic rings. The van der Waals surface area contributed by atoms with E-state index in [-0.39, 0.29) is 5.91 Å². The fourth-order valence-corrected chi connectivity index (χ4v) is 4.12. The lowest BCUT2D eigenvalue weighted by Gasteiger charge is -2.34. The zero-order valence-corrected chi connectivity index (χ0v) is 17.8. The maximum absolute atomic E-state index is 12.3. The summed E-state index contributed by atoms with van der Waals surface area (Å²) >= 11 is 0. The van der Waals surface area contributed by atoms with Crippen molar-refractivity contribution in [3.8, 4) is 0 Å². The van der Waals surface area contributed by atoms with Gasteiger partial charge in [0.05, 0.1) is 46.1 Å². The summed E-state index contributed by atoms with van der Waals surface area (Å²) in [4.78, 5) is 14.3. The first-order valence-electron chi connectivity index (χ1n) is 10.6. The SMILES string of the molecule is CC(C)NCCOCCOCCOCCC(=O)N1CCC2(CC1)CC2(C)C. The molecule has 0 radical (unpaired) electrons. The van der Waals surface area contributed by atoms with Gasteiger partial charge in [0.15, 0.2) is 0 Å². The Kier molecular flexibility index (Phi) is 8.99. The van der Waals surface area contributed by atoms with Crippen LogP contribution in [0, 0.1) is 10.8 Å². The van der Waals surface area contributed by atoms with Gasteiger partial charge in [-0.05, 0) is 30.1 Å². The lowest BCUT2D eigenvalue weighted by Crippen LogP contribution is -2.40. The minimum Gasteiger partial charge on any atom is -0.379 e. The zero-order chi connectivity index (χ0) is 19.8. The maximum Gasteiger partial charge on any atom is 0.224 e. The Hall–Kier alpha value is -0.690. The fourth-order valence-electron chi connectivity index (χ4n) is 4.12. The average Bonchev–Trinajstić information content (AvgIpc) is 3.15.